The molecule has 0 aliphatic carbocycles. The SMILES string of the molecule is NC(=O)C1CCN(C(=O)c2ccc(Oc3ccc(F)c(F)c3)cc2)C1. The van der Waals surface area contributed by atoms with Crippen molar-refractivity contribution in [1.82, 2.24) is 4.90 Å². The predicted octanol–water partition coefficient (Wildman–Crippen LogP) is 2.70. The van der Waals surface area contributed by atoms with E-state index in [4.69, 9.17) is 10.5 Å². The molecule has 1 aliphatic heterocycles. The summed E-state index contributed by atoms with van der Waals surface area (Å²) in [6.45, 7) is 0.806. The number of rotatable bonds is 4. The van der Waals surface area contributed by atoms with Gasteiger partial charge >= 0.3 is 0 Å². The van der Waals surface area contributed by atoms with E-state index in [1.165, 1.54) is 6.07 Å². The van der Waals surface area contributed by atoms with Gasteiger partial charge in [-0.3, -0.25) is 9.59 Å². The van der Waals surface area contributed by atoms with Crippen molar-refractivity contribution >= 4 is 11.8 Å². The lowest BCUT2D eigenvalue weighted by molar-refractivity contribution is -0.121. The minimum absolute atomic E-state index is 0.154. The normalized spacial score (nSPS) is 16.7. The molecule has 2 aromatic carbocycles. The number of hydrogen-bond acceptors (Lipinski definition) is 3. The number of likely N-dealkylation sites (tertiary alicyclic amines) is 1. The Hall–Kier alpha value is -2.96. The first-order valence-corrected chi connectivity index (χ1v) is 7.75. The first-order chi connectivity index (χ1) is 11.9. The number of nitrogens with zero attached hydrogens (tertiary/aromatic N) is 1. The van der Waals surface area contributed by atoms with Crippen molar-refractivity contribution in [2.75, 3.05) is 13.1 Å². The maximum atomic E-state index is 13.2. The van der Waals surface area contributed by atoms with Crippen LogP contribution < -0.4 is 10.5 Å². The Morgan fingerprint density at radius 1 is 1.04 bits per heavy atom. The van der Waals surface area contributed by atoms with Crippen molar-refractivity contribution in [2.24, 2.45) is 11.7 Å². The molecule has 25 heavy (non-hydrogen) atoms. The molecule has 0 radical (unpaired) electrons. The molecule has 1 atom stereocenters. The number of amides is 2. The summed E-state index contributed by atoms with van der Waals surface area (Å²) in [6, 6.07) is 9.52. The maximum absolute atomic E-state index is 13.2. The highest BCUT2D eigenvalue weighted by Crippen LogP contribution is 2.24. The van der Waals surface area contributed by atoms with Crippen LogP contribution in [0.5, 0.6) is 11.5 Å². The van der Waals surface area contributed by atoms with Gasteiger partial charge in [-0.25, -0.2) is 8.78 Å². The molecule has 2 N–H and O–H groups in total. The van der Waals surface area contributed by atoms with Gasteiger partial charge in [0.25, 0.3) is 5.91 Å². The zero-order valence-corrected chi connectivity index (χ0v) is 13.2. The molecule has 0 bridgehead atoms. The highest BCUT2D eigenvalue weighted by molar-refractivity contribution is 5.95. The lowest BCUT2D eigenvalue weighted by Crippen LogP contribution is -2.31. The van der Waals surface area contributed by atoms with Crippen molar-refractivity contribution in [1.29, 1.82) is 0 Å². The number of hydrogen-bond donors (Lipinski definition) is 1. The average Bonchev–Trinajstić information content (AvgIpc) is 3.09. The summed E-state index contributed by atoms with van der Waals surface area (Å²) >= 11 is 0. The van der Waals surface area contributed by atoms with E-state index in [0.29, 0.717) is 30.8 Å². The molecule has 2 amide bonds. The predicted molar refractivity (Wildman–Crippen MR) is 86.1 cm³/mol. The van der Waals surface area contributed by atoms with Gasteiger partial charge in [-0.05, 0) is 42.8 Å². The van der Waals surface area contributed by atoms with Crippen LogP contribution in [0.4, 0.5) is 8.78 Å². The quantitative estimate of drug-likeness (QED) is 0.925. The summed E-state index contributed by atoms with van der Waals surface area (Å²) in [5.74, 6) is -2.30. The van der Waals surface area contributed by atoms with Crippen molar-refractivity contribution in [2.45, 2.75) is 6.42 Å². The average molecular weight is 346 g/mol. The van der Waals surface area contributed by atoms with E-state index in [1.807, 2.05) is 0 Å². The molecular weight excluding hydrogens is 330 g/mol. The molecule has 0 saturated carbocycles. The molecule has 7 heteroatoms. The summed E-state index contributed by atoms with van der Waals surface area (Å²) in [4.78, 5) is 25.2. The number of halogens is 2. The summed E-state index contributed by atoms with van der Waals surface area (Å²) in [6.07, 6.45) is 0.568. The monoisotopic (exact) mass is 346 g/mol. The topological polar surface area (TPSA) is 72.6 Å². The van der Waals surface area contributed by atoms with Gasteiger partial charge in [0.05, 0.1) is 5.92 Å². The van der Waals surface area contributed by atoms with E-state index >= 15 is 0 Å². The molecule has 0 aromatic heterocycles. The van der Waals surface area contributed by atoms with E-state index in [9.17, 15) is 18.4 Å². The van der Waals surface area contributed by atoms with Crippen LogP contribution in [-0.4, -0.2) is 29.8 Å². The molecule has 3 rings (SSSR count). The molecule has 1 saturated heterocycles. The lowest BCUT2D eigenvalue weighted by Gasteiger charge is -2.16. The van der Waals surface area contributed by atoms with Crippen molar-refractivity contribution in [3.8, 4) is 11.5 Å². The number of ether oxygens (including phenoxy) is 1. The second-order valence-corrected chi connectivity index (χ2v) is 5.84. The number of primary amides is 1. The lowest BCUT2D eigenvalue weighted by atomic mass is 10.1. The second kappa shape index (κ2) is 6.88. The highest BCUT2D eigenvalue weighted by Gasteiger charge is 2.30. The Labute approximate surface area is 143 Å². The molecule has 1 aliphatic rings. The number of carbonyl (C=O) groups is 2. The van der Waals surface area contributed by atoms with Crippen molar-refractivity contribution in [3.63, 3.8) is 0 Å². The van der Waals surface area contributed by atoms with Gasteiger partial charge in [0.2, 0.25) is 5.91 Å². The minimum Gasteiger partial charge on any atom is -0.457 e. The molecule has 1 unspecified atom stereocenters. The smallest absolute Gasteiger partial charge is 0.253 e. The van der Waals surface area contributed by atoms with Crippen molar-refractivity contribution in [3.05, 3.63) is 59.7 Å². The van der Waals surface area contributed by atoms with Crippen LogP contribution in [0.25, 0.3) is 0 Å². The van der Waals surface area contributed by atoms with E-state index < -0.39 is 17.5 Å². The van der Waals surface area contributed by atoms with Gasteiger partial charge in [0.15, 0.2) is 11.6 Å². The molecule has 1 fully saturated rings. The summed E-state index contributed by atoms with van der Waals surface area (Å²) in [5.41, 5.74) is 5.72. The van der Waals surface area contributed by atoms with Crippen molar-refractivity contribution < 1.29 is 23.1 Å². The van der Waals surface area contributed by atoms with Crippen LogP contribution in [-0.2, 0) is 4.79 Å². The number of benzene rings is 2. The fraction of sp³-hybridized carbons (Fsp3) is 0.222. The molecule has 0 spiro atoms. The third-order valence-corrected chi connectivity index (χ3v) is 4.11. The zero-order valence-electron chi connectivity index (χ0n) is 13.2. The molecule has 5 nitrogen and oxygen atoms in total. The van der Waals surface area contributed by atoms with Crippen LogP contribution in [0, 0.1) is 17.6 Å². The zero-order chi connectivity index (χ0) is 18.0. The Bertz CT molecular complexity index is 808. The van der Waals surface area contributed by atoms with E-state index in [2.05, 4.69) is 0 Å². The van der Waals surface area contributed by atoms with Crippen LogP contribution in [0.3, 0.4) is 0 Å². The Balaban J connectivity index is 1.66. The molecular formula is C18H16F2N2O3. The van der Waals surface area contributed by atoms with Crippen LogP contribution in [0.15, 0.2) is 42.5 Å². The summed E-state index contributed by atoms with van der Waals surface area (Å²) < 4.78 is 31.5. The Kier molecular flexibility index (Phi) is 4.65. The van der Waals surface area contributed by atoms with Gasteiger partial charge in [-0.15, -0.1) is 0 Å². The van der Waals surface area contributed by atoms with Gasteiger partial charge < -0.3 is 15.4 Å². The van der Waals surface area contributed by atoms with Gasteiger partial charge in [-0.1, -0.05) is 0 Å². The standard InChI is InChI=1S/C18H16F2N2O3/c19-15-6-5-14(9-16(15)20)25-13-3-1-11(2-4-13)18(24)22-8-7-12(10-22)17(21)23/h1-6,9,12H,7-8,10H2,(H2,21,23). The van der Waals surface area contributed by atoms with Crippen LogP contribution in [0.1, 0.15) is 16.8 Å². The first kappa shape index (κ1) is 16.9. The van der Waals surface area contributed by atoms with Gasteiger partial charge in [0, 0.05) is 24.7 Å². The third kappa shape index (κ3) is 3.76. The molecule has 2 aromatic rings. The second-order valence-electron chi connectivity index (χ2n) is 5.84. The fourth-order valence-electron chi connectivity index (χ4n) is 2.70. The van der Waals surface area contributed by atoms with Gasteiger partial charge in [0.1, 0.15) is 11.5 Å². The van der Waals surface area contributed by atoms with Gasteiger partial charge in [-0.2, -0.15) is 0 Å². The Morgan fingerprint density at radius 3 is 2.32 bits per heavy atom. The van der Waals surface area contributed by atoms with Crippen LogP contribution in [0.2, 0.25) is 0 Å². The summed E-state index contributed by atoms with van der Waals surface area (Å²) in [5, 5.41) is 0. The van der Waals surface area contributed by atoms with E-state index in [0.717, 1.165) is 12.1 Å². The number of nitrogens with two attached hydrogens (primary N) is 1. The van der Waals surface area contributed by atoms with E-state index in [1.54, 1.807) is 29.2 Å². The fourth-order valence-corrected chi connectivity index (χ4v) is 2.70. The first-order valence-electron chi connectivity index (χ1n) is 7.75. The third-order valence-electron chi connectivity index (χ3n) is 4.11. The van der Waals surface area contributed by atoms with E-state index in [-0.39, 0.29) is 17.6 Å². The largest absolute Gasteiger partial charge is 0.457 e. The summed E-state index contributed by atoms with van der Waals surface area (Å²) in [7, 11) is 0. The number of carbonyl (C=O) groups excluding carboxylic acids is 2. The minimum atomic E-state index is -0.998. The van der Waals surface area contributed by atoms with Crippen LogP contribution >= 0.6 is 0 Å². The Morgan fingerprint density at radius 2 is 1.72 bits per heavy atom. The molecule has 1 heterocycles. The highest BCUT2D eigenvalue weighted by atomic mass is 19.2. The molecule has 130 valence electrons. The maximum Gasteiger partial charge on any atom is 0.253 e.